The smallest absolute Gasteiger partial charge is 0.258 e. The van der Waals surface area contributed by atoms with E-state index in [1.165, 1.54) is 83.3 Å². The number of benzene rings is 1. The molecule has 30 heavy (non-hydrogen) atoms. The van der Waals surface area contributed by atoms with Crippen molar-refractivity contribution in [3.8, 4) is 0 Å². The summed E-state index contributed by atoms with van der Waals surface area (Å²) in [5.41, 5.74) is 0.662. The van der Waals surface area contributed by atoms with Crippen LogP contribution in [0.25, 0.3) is 0 Å². The van der Waals surface area contributed by atoms with E-state index < -0.39 is 14.8 Å². The first-order chi connectivity index (χ1) is 14.3. The maximum atomic E-state index is 12.6. The molecule has 0 aromatic heterocycles. The normalized spacial score (nSPS) is 11.7. The molecule has 0 saturated carbocycles. The standard InChI is InChI=1S/C24H41NO4S/c1-4-5-6-7-8-9-10-11-12-13-14-15-16-17-20-30(28,29)23-19-18-21(2)24(22(23)3)25(26)27/h18-19H,4-17,20H2,1-3H3. The Morgan fingerprint density at radius 3 is 1.63 bits per heavy atom. The molecule has 0 atom stereocenters. The molecule has 1 aromatic rings. The van der Waals surface area contributed by atoms with Crippen molar-refractivity contribution in [1.82, 2.24) is 0 Å². The van der Waals surface area contributed by atoms with E-state index in [1.54, 1.807) is 6.92 Å². The summed E-state index contributed by atoms with van der Waals surface area (Å²) in [7, 11) is -3.48. The summed E-state index contributed by atoms with van der Waals surface area (Å²) < 4.78 is 25.3. The first kappa shape index (κ1) is 26.6. The minimum Gasteiger partial charge on any atom is -0.258 e. The number of sulfone groups is 1. The van der Waals surface area contributed by atoms with Gasteiger partial charge in [-0.15, -0.1) is 0 Å². The molecule has 0 saturated heterocycles. The van der Waals surface area contributed by atoms with Crippen LogP contribution < -0.4 is 0 Å². The third-order valence-electron chi connectivity index (χ3n) is 5.87. The van der Waals surface area contributed by atoms with Gasteiger partial charge >= 0.3 is 0 Å². The van der Waals surface area contributed by atoms with Gasteiger partial charge in [0.15, 0.2) is 9.84 Å². The van der Waals surface area contributed by atoms with Crippen LogP contribution in [-0.4, -0.2) is 19.1 Å². The van der Waals surface area contributed by atoms with Gasteiger partial charge in [0.05, 0.1) is 15.6 Å². The van der Waals surface area contributed by atoms with Crippen molar-refractivity contribution in [3.63, 3.8) is 0 Å². The Bertz CT molecular complexity index is 744. The van der Waals surface area contributed by atoms with E-state index in [9.17, 15) is 18.5 Å². The highest BCUT2D eigenvalue weighted by molar-refractivity contribution is 7.91. The van der Waals surface area contributed by atoms with Crippen molar-refractivity contribution in [2.75, 3.05) is 5.75 Å². The third kappa shape index (κ3) is 9.59. The lowest BCUT2D eigenvalue weighted by atomic mass is 10.0. The van der Waals surface area contributed by atoms with Gasteiger partial charge in [-0.25, -0.2) is 8.42 Å². The van der Waals surface area contributed by atoms with E-state index in [4.69, 9.17) is 0 Å². The fraction of sp³-hybridized carbons (Fsp3) is 0.750. The summed E-state index contributed by atoms with van der Waals surface area (Å²) >= 11 is 0. The van der Waals surface area contributed by atoms with Crippen molar-refractivity contribution in [2.24, 2.45) is 0 Å². The molecule has 0 fully saturated rings. The minimum atomic E-state index is -3.48. The molecule has 172 valence electrons. The first-order valence-electron chi connectivity index (χ1n) is 11.8. The summed E-state index contributed by atoms with van der Waals surface area (Å²) in [6, 6.07) is 3.04. The molecule has 0 heterocycles. The largest absolute Gasteiger partial charge is 0.276 e. The average molecular weight is 440 g/mol. The summed E-state index contributed by atoms with van der Waals surface area (Å²) in [5.74, 6) is 0.0616. The topological polar surface area (TPSA) is 77.3 Å². The number of nitro groups is 1. The van der Waals surface area contributed by atoms with Crippen LogP contribution in [-0.2, 0) is 9.84 Å². The lowest BCUT2D eigenvalue weighted by Crippen LogP contribution is -2.10. The molecular weight excluding hydrogens is 398 g/mol. The van der Waals surface area contributed by atoms with E-state index in [0.29, 0.717) is 12.0 Å². The lowest BCUT2D eigenvalue weighted by molar-refractivity contribution is -0.386. The van der Waals surface area contributed by atoms with Gasteiger partial charge in [0.1, 0.15) is 0 Å². The highest BCUT2D eigenvalue weighted by atomic mass is 32.2. The summed E-state index contributed by atoms with van der Waals surface area (Å²) in [4.78, 5) is 10.8. The molecule has 5 nitrogen and oxygen atoms in total. The van der Waals surface area contributed by atoms with Crippen LogP contribution in [0.5, 0.6) is 0 Å². The Kier molecular flexibility index (Phi) is 12.9. The highest BCUT2D eigenvalue weighted by Gasteiger charge is 2.24. The second-order valence-corrected chi connectivity index (χ2v) is 10.6. The van der Waals surface area contributed by atoms with Crippen LogP contribution in [0.2, 0.25) is 0 Å². The maximum absolute atomic E-state index is 12.6. The minimum absolute atomic E-state index is 0.0616. The Labute approximate surface area is 183 Å². The zero-order valence-corrected chi connectivity index (χ0v) is 20.1. The van der Waals surface area contributed by atoms with Crippen molar-refractivity contribution in [1.29, 1.82) is 0 Å². The van der Waals surface area contributed by atoms with Crippen LogP contribution in [0.15, 0.2) is 17.0 Å². The molecule has 0 bridgehead atoms. The Morgan fingerprint density at radius 1 is 0.767 bits per heavy atom. The Hall–Kier alpha value is -1.43. The zero-order valence-electron chi connectivity index (χ0n) is 19.2. The van der Waals surface area contributed by atoms with Gasteiger partial charge in [0, 0.05) is 11.1 Å². The fourth-order valence-electron chi connectivity index (χ4n) is 4.03. The van der Waals surface area contributed by atoms with Crippen molar-refractivity contribution < 1.29 is 13.3 Å². The molecule has 0 radical (unpaired) electrons. The highest BCUT2D eigenvalue weighted by Crippen LogP contribution is 2.29. The van der Waals surface area contributed by atoms with Gasteiger partial charge in [0.2, 0.25) is 0 Å². The van der Waals surface area contributed by atoms with Gasteiger partial charge in [-0.05, 0) is 26.3 Å². The van der Waals surface area contributed by atoms with Crippen LogP contribution in [0, 0.1) is 24.0 Å². The monoisotopic (exact) mass is 439 g/mol. The molecule has 1 rings (SSSR count). The third-order valence-corrected chi connectivity index (χ3v) is 7.81. The van der Waals surface area contributed by atoms with Crippen LogP contribution >= 0.6 is 0 Å². The quantitative estimate of drug-likeness (QED) is 0.143. The van der Waals surface area contributed by atoms with E-state index in [-0.39, 0.29) is 21.9 Å². The molecular formula is C24H41NO4S. The van der Waals surface area contributed by atoms with E-state index in [1.807, 2.05) is 0 Å². The number of unbranched alkanes of at least 4 members (excludes halogenated alkanes) is 13. The number of nitro benzene ring substituents is 1. The van der Waals surface area contributed by atoms with Crippen LogP contribution in [0.3, 0.4) is 0 Å². The maximum Gasteiger partial charge on any atom is 0.276 e. The van der Waals surface area contributed by atoms with E-state index >= 15 is 0 Å². The predicted octanol–water partition coefficient (Wildman–Crippen LogP) is 7.47. The van der Waals surface area contributed by atoms with Gasteiger partial charge in [0.25, 0.3) is 5.69 Å². The molecule has 6 heteroatoms. The van der Waals surface area contributed by atoms with Crippen molar-refractivity contribution in [2.45, 2.75) is 116 Å². The summed E-state index contributed by atoms with van der Waals surface area (Å²) in [6.45, 7) is 5.41. The van der Waals surface area contributed by atoms with Crippen molar-refractivity contribution >= 4 is 15.5 Å². The van der Waals surface area contributed by atoms with Gasteiger partial charge in [-0.1, -0.05) is 96.5 Å². The van der Waals surface area contributed by atoms with Gasteiger partial charge < -0.3 is 0 Å². The molecule has 0 N–H and O–H groups in total. The second-order valence-electron chi connectivity index (χ2n) is 8.53. The van der Waals surface area contributed by atoms with E-state index in [0.717, 1.165) is 19.3 Å². The molecule has 0 aliphatic carbocycles. The second kappa shape index (κ2) is 14.6. The number of rotatable bonds is 17. The Morgan fingerprint density at radius 2 is 1.20 bits per heavy atom. The van der Waals surface area contributed by atoms with E-state index in [2.05, 4.69) is 6.92 Å². The number of aryl methyl sites for hydroxylation is 1. The lowest BCUT2D eigenvalue weighted by Gasteiger charge is -2.09. The van der Waals surface area contributed by atoms with Crippen LogP contribution in [0.1, 0.15) is 108 Å². The fourth-order valence-corrected chi connectivity index (χ4v) is 5.67. The number of hydrogen-bond acceptors (Lipinski definition) is 4. The van der Waals surface area contributed by atoms with Crippen molar-refractivity contribution in [3.05, 3.63) is 33.4 Å². The first-order valence-corrected chi connectivity index (χ1v) is 13.4. The van der Waals surface area contributed by atoms with Gasteiger partial charge in [-0.3, -0.25) is 10.1 Å². The summed E-state index contributed by atoms with van der Waals surface area (Å²) in [5, 5.41) is 11.2. The predicted molar refractivity (Wildman–Crippen MR) is 125 cm³/mol. The van der Waals surface area contributed by atoms with Gasteiger partial charge in [-0.2, -0.15) is 0 Å². The molecule has 0 unspecified atom stereocenters. The molecule has 0 aliphatic heterocycles. The molecule has 0 aliphatic rings. The molecule has 0 spiro atoms. The average Bonchev–Trinajstić information content (AvgIpc) is 2.67. The zero-order chi connectivity index (χ0) is 22.4. The number of nitrogens with zero attached hydrogens (tertiary/aromatic N) is 1. The summed E-state index contributed by atoms with van der Waals surface area (Å²) in [6.07, 6.45) is 17.0. The molecule has 1 aromatic carbocycles. The number of hydrogen-bond donors (Lipinski definition) is 0. The SMILES string of the molecule is CCCCCCCCCCCCCCCCS(=O)(=O)c1ccc(C)c([N+](=O)[O-])c1C. The molecule has 0 amide bonds. The Balaban J connectivity index is 2.20. The van der Waals surface area contributed by atoms with Crippen LogP contribution in [0.4, 0.5) is 5.69 Å².